The zero-order valence-electron chi connectivity index (χ0n) is 10.7. The third kappa shape index (κ3) is 3.79. The van der Waals surface area contributed by atoms with Gasteiger partial charge < -0.3 is 10.6 Å². The Morgan fingerprint density at radius 1 is 1.29 bits per heavy atom. The van der Waals surface area contributed by atoms with Crippen molar-refractivity contribution in [3.8, 4) is 0 Å². The molecule has 1 aromatic heterocycles. The van der Waals surface area contributed by atoms with E-state index in [2.05, 4.69) is 29.1 Å². The van der Waals surface area contributed by atoms with Gasteiger partial charge in [0.2, 0.25) is 0 Å². The van der Waals surface area contributed by atoms with E-state index in [1.54, 1.807) is 0 Å². The molecule has 0 amide bonds. The Morgan fingerprint density at radius 3 is 2.59 bits per heavy atom. The Balaban J connectivity index is 1.65. The third-order valence-corrected chi connectivity index (χ3v) is 3.87. The van der Waals surface area contributed by atoms with Crippen molar-refractivity contribution in [1.29, 1.82) is 0 Å². The highest BCUT2D eigenvalue weighted by atomic mass is 15.1. The number of likely N-dealkylation sites (N-methyl/N-ethyl adjacent to an activating group) is 1. The fourth-order valence-corrected chi connectivity index (χ4v) is 2.28. The van der Waals surface area contributed by atoms with Crippen molar-refractivity contribution in [3.63, 3.8) is 0 Å². The average Bonchev–Trinajstić information content (AvgIpc) is 2.33. The largest absolute Gasteiger partial charge is 0.325 e. The van der Waals surface area contributed by atoms with E-state index in [-0.39, 0.29) is 5.54 Å². The summed E-state index contributed by atoms with van der Waals surface area (Å²) in [5.74, 6) is 0. The van der Waals surface area contributed by atoms with Crippen molar-refractivity contribution in [1.82, 2.24) is 9.88 Å². The summed E-state index contributed by atoms with van der Waals surface area (Å²) in [6, 6.07) is 4.17. The highest BCUT2D eigenvalue weighted by Gasteiger charge is 2.31. The van der Waals surface area contributed by atoms with Crippen LogP contribution in [0.3, 0.4) is 0 Å². The molecule has 3 heteroatoms. The van der Waals surface area contributed by atoms with Gasteiger partial charge in [-0.15, -0.1) is 0 Å². The van der Waals surface area contributed by atoms with Crippen molar-refractivity contribution in [3.05, 3.63) is 30.1 Å². The lowest BCUT2D eigenvalue weighted by molar-refractivity contribution is 0.197. The summed E-state index contributed by atoms with van der Waals surface area (Å²) in [6.07, 6.45) is 9.70. The van der Waals surface area contributed by atoms with Gasteiger partial charge in [0.15, 0.2) is 0 Å². The van der Waals surface area contributed by atoms with Crippen LogP contribution in [0.25, 0.3) is 0 Å². The molecule has 0 spiro atoms. The molecule has 94 valence electrons. The van der Waals surface area contributed by atoms with Crippen LogP contribution >= 0.6 is 0 Å². The number of hydrogen-bond donors (Lipinski definition) is 1. The molecule has 1 aliphatic carbocycles. The Hall–Kier alpha value is -0.930. The molecule has 1 heterocycles. The molecule has 2 rings (SSSR count). The summed E-state index contributed by atoms with van der Waals surface area (Å²) in [7, 11) is 2.18. The van der Waals surface area contributed by atoms with Gasteiger partial charge in [-0.2, -0.15) is 0 Å². The lowest BCUT2D eigenvalue weighted by Gasteiger charge is -2.39. The van der Waals surface area contributed by atoms with E-state index in [4.69, 9.17) is 5.73 Å². The smallest absolute Gasteiger partial charge is 0.0270 e. The molecule has 0 saturated heterocycles. The van der Waals surface area contributed by atoms with Crippen LogP contribution in [-0.4, -0.2) is 35.6 Å². The molecular weight excluding hydrogens is 210 g/mol. The minimum atomic E-state index is 0.158. The van der Waals surface area contributed by atoms with Crippen molar-refractivity contribution >= 4 is 0 Å². The molecule has 17 heavy (non-hydrogen) atoms. The number of pyridine rings is 1. The van der Waals surface area contributed by atoms with Gasteiger partial charge in [-0.25, -0.2) is 0 Å². The second-order valence-corrected chi connectivity index (χ2v) is 5.37. The van der Waals surface area contributed by atoms with Crippen LogP contribution in [0.2, 0.25) is 0 Å². The Kier molecular flexibility index (Phi) is 4.13. The van der Waals surface area contributed by atoms with Gasteiger partial charge >= 0.3 is 0 Å². The maximum absolute atomic E-state index is 6.22. The van der Waals surface area contributed by atoms with E-state index >= 15 is 0 Å². The van der Waals surface area contributed by atoms with E-state index in [1.807, 2.05) is 12.4 Å². The topological polar surface area (TPSA) is 42.2 Å². The van der Waals surface area contributed by atoms with Gasteiger partial charge in [0.1, 0.15) is 0 Å². The second kappa shape index (κ2) is 5.61. The molecule has 0 bridgehead atoms. The average molecular weight is 233 g/mol. The third-order valence-electron chi connectivity index (χ3n) is 3.87. The van der Waals surface area contributed by atoms with Gasteiger partial charge in [0.05, 0.1) is 0 Å². The van der Waals surface area contributed by atoms with Gasteiger partial charge in [-0.1, -0.05) is 0 Å². The molecule has 1 aromatic rings. The first-order valence-electron chi connectivity index (χ1n) is 6.54. The van der Waals surface area contributed by atoms with Crippen molar-refractivity contribution < 1.29 is 0 Å². The molecule has 3 nitrogen and oxygen atoms in total. The van der Waals surface area contributed by atoms with Crippen LogP contribution in [0.5, 0.6) is 0 Å². The molecule has 1 aliphatic rings. The highest BCUT2D eigenvalue weighted by molar-refractivity contribution is 5.09. The quantitative estimate of drug-likeness (QED) is 0.815. The normalized spacial score (nSPS) is 18.1. The van der Waals surface area contributed by atoms with E-state index < -0.39 is 0 Å². The van der Waals surface area contributed by atoms with Crippen LogP contribution < -0.4 is 5.73 Å². The van der Waals surface area contributed by atoms with Crippen molar-refractivity contribution in [2.24, 2.45) is 5.73 Å². The number of rotatable bonds is 6. The highest BCUT2D eigenvalue weighted by Crippen LogP contribution is 2.31. The number of aromatic nitrogens is 1. The monoisotopic (exact) mass is 233 g/mol. The zero-order valence-corrected chi connectivity index (χ0v) is 10.7. The van der Waals surface area contributed by atoms with Gasteiger partial charge in [0.25, 0.3) is 0 Å². The molecule has 1 saturated carbocycles. The molecule has 0 atom stereocenters. The Morgan fingerprint density at radius 2 is 2.00 bits per heavy atom. The second-order valence-electron chi connectivity index (χ2n) is 5.37. The number of nitrogens with two attached hydrogens (primary N) is 1. The van der Waals surface area contributed by atoms with Crippen LogP contribution in [0.4, 0.5) is 0 Å². The van der Waals surface area contributed by atoms with Crippen molar-refractivity contribution in [2.45, 2.75) is 37.6 Å². The van der Waals surface area contributed by atoms with Crippen LogP contribution in [-0.2, 0) is 6.42 Å². The van der Waals surface area contributed by atoms with Crippen LogP contribution in [0.1, 0.15) is 31.2 Å². The lowest BCUT2D eigenvalue weighted by Crippen LogP contribution is -2.48. The SMILES string of the molecule is CN(CCc1ccncc1)CCC1(N)CCC1. The first-order chi connectivity index (χ1) is 8.18. The molecule has 1 fully saturated rings. The first kappa shape index (κ1) is 12.5. The first-order valence-corrected chi connectivity index (χ1v) is 6.54. The van der Waals surface area contributed by atoms with Crippen LogP contribution in [0, 0.1) is 0 Å². The summed E-state index contributed by atoms with van der Waals surface area (Å²) in [4.78, 5) is 6.41. The Bertz CT molecular complexity index is 333. The van der Waals surface area contributed by atoms with Gasteiger partial charge in [-0.05, 0) is 63.4 Å². The van der Waals surface area contributed by atoms with E-state index in [9.17, 15) is 0 Å². The standard InChI is InChI=1S/C14H23N3/c1-17(12-8-14(15)6-2-7-14)11-5-13-3-9-16-10-4-13/h3-4,9-10H,2,5-8,11-12,15H2,1H3. The fourth-order valence-electron chi connectivity index (χ4n) is 2.28. The van der Waals surface area contributed by atoms with Crippen LogP contribution in [0.15, 0.2) is 24.5 Å². The zero-order chi connectivity index (χ0) is 12.1. The van der Waals surface area contributed by atoms with E-state index in [1.165, 1.54) is 24.8 Å². The fraction of sp³-hybridized carbons (Fsp3) is 0.643. The summed E-state index contributed by atoms with van der Waals surface area (Å²) in [6.45, 7) is 2.21. The van der Waals surface area contributed by atoms with Gasteiger partial charge in [-0.3, -0.25) is 4.98 Å². The summed E-state index contributed by atoms with van der Waals surface area (Å²) >= 11 is 0. The van der Waals surface area contributed by atoms with Crippen molar-refractivity contribution in [2.75, 3.05) is 20.1 Å². The minimum Gasteiger partial charge on any atom is -0.325 e. The Labute approximate surface area is 104 Å². The number of hydrogen-bond acceptors (Lipinski definition) is 3. The molecule has 2 N–H and O–H groups in total. The molecule has 0 radical (unpaired) electrons. The molecule has 0 aromatic carbocycles. The predicted molar refractivity (Wildman–Crippen MR) is 70.8 cm³/mol. The number of nitrogens with zero attached hydrogens (tertiary/aromatic N) is 2. The maximum Gasteiger partial charge on any atom is 0.0270 e. The minimum absolute atomic E-state index is 0.158. The lowest BCUT2D eigenvalue weighted by atomic mass is 9.75. The molecule has 0 unspecified atom stereocenters. The molecule has 0 aliphatic heterocycles. The predicted octanol–water partition coefficient (Wildman–Crippen LogP) is 1.83. The summed E-state index contributed by atoms with van der Waals surface area (Å²) in [5, 5.41) is 0. The maximum atomic E-state index is 6.22. The van der Waals surface area contributed by atoms with E-state index in [0.717, 1.165) is 25.9 Å². The molecular formula is C14H23N3. The summed E-state index contributed by atoms with van der Waals surface area (Å²) in [5.41, 5.74) is 7.74. The van der Waals surface area contributed by atoms with E-state index in [0.29, 0.717) is 0 Å². The summed E-state index contributed by atoms with van der Waals surface area (Å²) < 4.78 is 0. The van der Waals surface area contributed by atoms with Gasteiger partial charge in [0, 0.05) is 24.5 Å².